The molecule has 0 fully saturated rings. The van der Waals surface area contributed by atoms with Crippen molar-refractivity contribution in [1.29, 1.82) is 0 Å². The Balaban J connectivity index is 0.00000450. The first kappa shape index (κ1) is 14.3. The molecule has 0 spiro atoms. The molecule has 4 heteroatoms. The number of carbonyl (C=O) groups is 1. The Morgan fingerprint density at radius 3 is 2.32 bits per heavy atom. The van der Waals surface area contributed by atoms with Crippen molar-refractivity contribution in [3.63, 3.8) is 0 Å². The number of amides is 1. The van der Waals surface area contributed by atoms with Crippen molar-refractivity contribution in [2.24, 2.45) is 0 Å². The van der Waals surface area contributed by atoms with Crippen LogP contribution < -0.4 is 4.90 Å². The smallest absolute Gasteiger partial charge is 0.226 e. The third kappa shape index (κ3) is 6.52. The molecule has 2 aromatic rings. The third-order valence-corrected chi connectivity index (χ3v) is 4.22. The van der Waals surface area contributed by atoms with E-state index < -0.39 is 19.1 Å². The second-order valence-corrected chi connectivity index (χ2v) is 5.94. The summed E-state index contributed by atoms with van der Waals surface area (Å²) in [4.78, 5) is 16.3. The van der Waals surface area contributed by atoms with Gasteiger partial charge in [-0.25, -0.2) is 0 Å². The fourth-order valence-electron chi connectivity index (χ4n) is 2.56. The Morgan fingerprint density at radius 1 is 1.12 bits per heavy atom. The summed E-state index contributed by atoms with van der Waals surface area (Å²) in [5.74, 6) is -1.05. The molecule has 0 aliphatic heterocycles. The highest BCUT2D eigenvalue weighted by molar-refractivity contribution is 5.93. The summed E-state index contributed by atoms with van der Waals surface area (Å²) in [7, 11) is 1.94. The van der Waals surface area contributed by atoms with E-state index in [2.05, 4.69) is 17.0 Å². The molecule has 3 nitrogen and oxygen atoms in total. The summed E-state index contributed by atoms with van der Waals surface area (Å²) in [5.41, 5.74) is 1.69. The summed E-state index contributed by atoms with van der Waals surface area (Å²) in [6, 6.07) is 18.6. The second kappa shape index (κ2) is 10.9. The van der Waals surface area contributed by atoms with Crippen LogP contribution in [0.4, 0.5) is 5.69 Å². The third-order valence-electron chi connectivity index (χ3n) is 4.22. The number of para-hydroxylation sites is 1. The maximum Gasteiger partial charge on any atom is 0.226 e. The molecule has 1 amide bonds. The molecular weight excluding hydrogens is 332 g/mol. The van der Waals surface area contributed by atoms with Gasteiger partial charge in [0.15, 0.2) is 0 Å². The first-order valence-electron chi connectivity index (χ1n) is 10.6. The van der Waals surface area contributed by atoms with E-state index in [-0.39, 0.29) is 25.0 Å². The van der Waals surface area contributed by atoms with Gasteiger partial charge in [0.25, 0.3) is 0 Å². The summed E-state index contributed by atoms with van der Waals surface area (Å²) < 4.78 is 38.2. The molecule has 0 aliphatic rings. The van der Waals surface area contributed by atoms with E-state index in [1.807, 2.05) is 32.2 Å². The maximum absolute atomic E-state index is 12.9. The number of nitrogens with zero attached hydrogens (tertiary/aromatic N) is 2. The number of hydrogen-bond donors (Lipinski definition) is 0. The number of likely N-dealkylation sites (N-methyl/N-ethyl adjacent to an activating group) is 1. The normalized spacial score (nSPS) is 15.7. The number of rotatable bonds is 8. The number of carbonyl (C=O) groups excluding carboxylic acids is 1. The van der Waals surface area contributed by atoms with Crippen LogP contribution in [-0.4, -0.2) is 37.0 Å². The predicted molar refractivity (Wildman–Crippen MR) is 109 cm³/mol. The molecule has 1 atom stereocenters. The summed E-state index contributed by atoms with van der Waals surface area (Å²) >= 11 is 0. The highest BCUT2D eigenvalue weighted by Gasteiger charge is 2.19. The van der Waals surface area contributed by atoms with Gasteiger partial charge in [-0.15, -0.1) is 12.4 Å². The van der Waals surface area contributed by atoms with Gasteiger partial charge in [-0.2, -0.15) is 0 Å². The molecule has 0 saturated carbocycles. The van der Waals surface area contributed by atoms with E-state index in [1.54, 1.807) is 30.3 Å². The van der Waals surface area contributed by atoms with E-state index in [4.69, 9.17) is 6.85 Å². The van der Waals surface area contributed by atoms with Gasteiger partial charge in [-0.3, -0.25) is 4.79 Å². The first-order chi connectivity index (χ1) is 13.5. The first-order valence-corrected chi connectivity index (χ1v) is 8.15. The van der Waals surface area contributed by atoms with Crippen LogP contribution in [-0.2, 0) is 11.2 Å². The van der Waals surface area contributed by atoms with Crippen molar-refractivity contribution >= 4 is 24.0 Å². The van der Waals surface area contributed by atoms with Gasteiger partial charge in [0.2, 0.25) is 5.91 Å². The molecule has 136 valence electrons. The summed E-state index contributed by atoms with van der Waals surface area (Å²) in [5, 5.41) is 0. The Kier molecular flexibility index (Phi) is 6.26. The molecule has 0 bridgehead atoms. The predicted octanol–water partition coefficient (Wildman–Crippen LogP) is 4.41. The average Bonchev–Trinajstić information content (AvgIpc) is 2.70. The van der Waals surface area contributed by atoms with Crippen molar-refractivity contribution in [2.45, 2.75) is 32.6 Å². The van der Waals surface area contributed by atoms with Crippen LogP contribution >= 0.6 is 12.4 Å². The van der Waals surface area contributed by atoms with E-state index in [9.17, 15) is 4.79 Å². The minimum absolute atomic E-state index is 0. The molecule has 0 heterocycles. The SMILES string of the molecule is Cl.[2H]C([2H])([2H])C([2H])([2H])C(=O)N(CC(C)N(C)CCc1ccccc1)c1ccccc1. The van der Waals surface area contributed by atoms with Crippen molar-refractivity contribution < 1.29 is 11.6 Å². The summed E-state index contributed by atoms with van der Waals surface area (Å²) in [6.07, 6.45) is -2.12. The maximum atomic E-state index is 12.9. The van der Waals surface area contributed by atoms with E-state index >= 15 is 0 Å². The molecule has 0 N–H and O–H groups in total. The van der Waals surface area contributed by atoms with Crippen LogP contribution in [0.2, 0.25) is 0 Å². The number of anilines is 1. The van der Waals surface area contributed by atoms with Crippen LogP contribution in [0, 0.1) is 0 Å². The molecule has 25 heavy (non-hydrogen) atoms. The minimum Gasteiger partial charge on any atom is -0.311 e. The second-order valence-electron chi connectivity index (χ2n) is 5.94. The van der Waals surface area contributed by atoms with Gasteiger partial charge in [-0.05, 0) is 38.1 Å². The van der Waals surface area contributed by atoms with Crippen molar-refractivity contribution in [1.82, 2.24) is 4.90 Å². The number of benzene rings is 2. The molecule has 0 aliphatic carbocycles. The zero-order valence-corrected chi connectivity index (χ0v) is 15.5. The van der Waals surface area contributed by atoms with Crippen LogP contribution in [0.25, 0.3) is 0 Å². The van der Waals surface area contributed by atoms with Crippen LogP contribution in [0.1, 0.15) is 32.6 Å². The Labute approximate surface area is 165 Å². The number of halogens is 1. The van der Waals surface area contributed by atoms with Gasteiger partial charge < -0.3 is 9.80 Å². The van der Waals surface area contributed by atoms with E-state index in [0.717, 1.165) is 13.0 Å². The standard InChI is InChI=1S/C21H28N2O.ClH/c1-4-21(24)23(20-13-9-6-10-14-20)17-18(2)22(3)16-15-19-11-7-5-8-12-19;/h5-14,18H,4,15-17H2,1-3H3;1H/i1D3,4D2;. The lowest BCUT2D eigenvalue weighted by molar-refractivity contribution is -0.118. The van der Waals surface area contributed by atoms with Crippen molar-refractivity contribution in [3.05, 3.63) is 66.2 Å². The largest absolute Gasteiger partial charge is 0.311 e. The monoisotopic (exact) mass is 365 g/mol. The zero-order valence-electron chi connectivity index (χ0n) is 19.7. The van der Waals surface area contributed by atoms with Gasteiger partial charge in [0.05, 0.1) is 0 Å². The highest BCUT2D eigenvalue weighted by Crippen LogP contribution is 2.16. The molecule has 2 aromatic carbocycles. The quantitative estimate of drug-likeness (QED) is 0.691. The lowest BCUT2D eigenvalue weighted by Crippen LogP contribution is -2.43. The van der Waals surface area contributed by atoms with Crippen LogP contribution in [0.3, 0.4) is 0 Å². The molecule has 0 saturated heterocycles. The van der Waals surface area contributed by atoms with Gasteiger partial charge in [0, 0.05) is 38.0 Å². The fraction of sp³-hybridized carbons (Fsp3) is 0.381. The van der Waals surface area contributed by atoms with Gasteiger partial charge >= 0.3 is 0 Å². The molecule has 0 aromatic heterocycles. The van der Waals surface area contributed by atoms with Gasteiger partial charge in [0.1, 0.15) is 0 Å². The highest BCUT2D eigenvalue weighted by atomic mass is 35.5. The molecule has 1 unspecified atom stereocenters. The topological polar surface area (TPSA) is 23.6 Å². The Morgan fingerprint density at radius 2 is 1.72 bits per heavy atom. The fourth-order valence-corrected chi connectivity index (χ4v) is 2.56. The molecular formula is C21H29ClN2O. The van der Waals surface area contributed by atoms with Crippen LogP contribution in [0.5, 0.6) is 0 Å². The summed E-state index contributed by atoms with van der Waals surface area (Å²) in [6.45, 7) is -0.156. The minimum atomic E-state index is -3.04. The Hall–Kier alpha value is -1.84. The van der Waals surface area contributed by atoms with E-state index in [0.29, 0.717) is 5.69 Å². The number of hydrogen-bond acceptors (Lipinski definition) is 2. The van der Waals surface area contributed by atoms with Crippen LogP contribution in [0.15, 0.2) is 60.7 Å². The average molecular weight is 366 g/mol. The Bertz CT molecular complexity index is 787. The zero-order chi connectivity index (χ0) is 21.7. The molecule has 0 radical (unpaired) electrons. The van der Waals surface area contributed by atoms with E-state index in [1.165, 1.54) is 10.5 Å². The lowest BCUT2D eigenvalue weighted by Gasteiger charge is -2.31. The van der Waals surface area contributed by atoms with Crippen molar-refractivity contribution in [3.8, 4) is 0 Å². The van der Waals surface area contributed by atoms with Gasteiger partial charge in [-0.1, -0.05) is 55.4 Å². The van der Waals surface area contributed by atoms with Crippen molar-refractivity contribution in [2.75, 3.05) is 25.0 Å². The molecule has 2 rings (SSSR count). The lowest BCUT2D eigenvalue weighted by atomic mass is 10.1.